The maximum Gasteiger partial charge on any atom is 0.318 e. The molecule has 0 spiro atoms. The van der Waals surface area contributed by atoms with Crippen molar-refractivity contribution in [3.63, 3.8) is 0 Å². The van der Waals surface area contributed by atoms with Crippen LogP contribution in [0.2, 0.25) is 0 Å². The van der Waals surface area contributed by atoms with Crippen molar-refractivity contribution in [3.05, 3.63) is 124 Å². The smallest absolute Gasteiger partial charge is 0.318 e. The second kappa shape index (κ2) is 11.9. The number of nitrogens with zero attached hydrogens (tertiary/aromatic N) is 1. The highest BCUT2D eigenvalue weighted by atomic mass is 79.9. The van der Waals surface area contributed by atoms with Gasteiger partial charge in [-0.3, -0.25) is 9.52 Å². The lowest BCUT2D eigenvalue weighted by atomic mass is 9.97. The Labute approximate surface area is 242 Å². The first kappa shape index (κ1) is 29.5. The van der Waals surface area contributed by atoms with Crippen LogP contribution in [0.4, 0.5) is 5.69 Å². The van der Waals surface area contributed by atoms with Gasteiger partial charge in [0.15, 0.2) is 0 Å². The molecule has 2 N–H and O–H groups in total. The summed E-state index contributed by atoms with van der Waals surface area (Å²) in [5.74, 6) is -1.37. The highest BCUT2D eigenvalue weighted by Crippen LogP contribution is 2.39. The quantitative estimate of drug-likeness (QED) is 0.228. The van der Waals surface area contributed by atoms with E-state index >= 15 is 0 Å². The predicted octanol–water partition coefficient (Wildman–Crippen LogP) is 5.73. The summed E-state index contributed by atoms with van der Waals surface area (Å²) in [5, 5.41) is 9.84. The zero-order valence-electron chi connectivity index (χ0n) is 21.7. The summed E-state index contributed by atoms with van der Waals surface area (Å²) in [4.78, 5) is 12.0. The van der Waals surface area contributed by atoms with E-state index in [2.05, 4.69) is 20.7 Å². The normalized spacial score (nSPS) is 12.7. The van der Waals surface area contributed by atoms with E-state index in [0.29, 0.717) is 10.0 Å². The van der Waals surface area contributed by atoms with E-state index in [4.69, 9.17) is 0 Å². The lowest BCUT2D eigenvalue weighted by Gasteiger charge is -2.32. The average Bonchev–Trinajstić information content (AvgIpc) is 2.90. The maximum absolute atomic E-state index is 14.0. The van der Waals surface area contributed by atoms with Crippen molar-refractivity contribution in [2.45, 2.75) is 29.7 Å². The van der Waals surface area contributed by atoms with Crippen molar-refractivity contribution in [3.8, 4) is 0 Å². The molecule has 4 aromatic carbocycles. The Morgan fingerprint density at radius 1 is 0.825 bits per heavy atom. The third-order valence-electron chi connectivity index (χ3n) is 6.21. The van der Waals surface area contributed by atoms with Gasteiger partial charge in [0.25, 0.3) is 10.0 Å². The zero-order chi connectivity index (χ0) is 29.1. The summed E-state index contributed by atoms with van der Waals surface area (Å²) >= 11 is 3.41. The van der Waals surface area contributed by atoms with Crippen LogP contribution in [0.5, 0.6) is 0 Å². The Balaban J connectivity index is 1.94. The number of nitrogens with one attached hydrogen (secondary N) is 1. The van der Waals surface area contributed by atoms with E-state index in [1.807, 2.05) is 13.8 Å². The highest BCUT2D eigenvalue weighted by Gasteiger charge is 2.37. The van der Waals surface area contributed by atoms with E-state index < -0.39 is 38.6 Å². The number of carbonyl (C=O) groups is 1. The fourth-order valence-electron chi connectivity index (χ4n) is 4.20. The molecular formula is C29H27BrN2O6S2. The molecule has 0 saturated heterocycles. The molecule has 0 aliphatic heterocycles. The standard InChI is InChI=1S/C29H27BrN2O6S2/c1-20-8-13-24(14-9-20)39(35,36)31-27-17-12-23(30)18-26(27)29(22-6-4-3-5-7-22)32(19-28(33)34)40(37,38)25-15-10-21(2)11-16-25/h3-18,29,31H,19H2,1-2H3,(H,33,34)/t29-/m0/s1. The van der Waals surface area contributed by atoms with Crippen molar-refractivity contribution < 1.29 is 26.7 Å². The van der Waals surface area contributed by atoms with Crippen LogP contribution in [-0.4, -0.2) is 38.8 Å². The minimum absolute atomic E-state index is 0.0258. The van der Waals surface area contributed by atoms with Crippen molar-refractivity contribution >= 4 is 47.6 Å². The minimum Gasteiger partial charge on any atom is -0.480 e. The van der Waals surface area contributed by atoms with E-state index in [1.54, 1.807) is 66.7 Å². The first-order valence-corrected chi connectivity index (χ1v) is 15.8. The fraction of sp³-hybridized carbons (Fsp3) is 0.138. The van der Waals surface area contributed by atoms with Gasteiger partial charge in [-0.25, -0.2) is 16.8 Å². The van der Waals surface area contributed by atoms with Gasteiger partial charge in [-0.15, -0.1) is 0 Å². The summed E-state index contributed by atoms with van der Waals surface area (Å²) in [6, 6.07) is 24.4. The molecular weight excluding hydrogens is 616 g/mol. The summed E-state index contributed by atoms with van der Waals surface area (Å²) in [7, 11) is -8.45. The van der Waals surface area contributed by atoms with Crippen LogP contribution >= 0.6 is 15.9 Å². The third kappa shape index (κ3) is 6.61. The second-order valence-corrected chi connectivity index (χ2v) is 13.7. The number of hydrogen-bond acceptors (Lipinski definition) is 5. The molecule has 0 bridgehead atoms. The van der Waals surface area contributed by atoms with E-state index in [1.165, 1.54) is 30.3 Å². The fourth-order valence-corrected chi connectivity index (χ4v) is 7.21. The van der Waals surface area contributed by atoms with Crippen LogP contribution in [0.1, 0.15) is 28.3 Å². The van der Waals surface area contributed by atoms with Gasteiger partial charge in [0.05, 0.1) is 21.5 Å². The summed E-state index contributed by atoms with van der Waals surface area (Å²) in [5.41, 5.74) is 2.52. The number of sulfonamides is 2. The number of rotatable bonds is 10. The predicted molar refractivity (Wildman–Crippen MR) is 157 cm³/mol. The second-order valence-electron chi connectivity index (χ2n) is 9.22. The number of hydrogen-bond donors (Lipinski definition) is 2. The molecule has 0 radical (unpaired) electrons. The van der Waals surface area contributed by atoms with Gasteiger partial charge in [-0.2, -0.15) is 4.31 Å². The lowest BCUT2D eigenvalue weighted by Crippen LogP contribution is -2.39. The number of aryl methyl sites for hydroxylation is 2. The van der Waals surface area contributed by atoms with Crippen LogP contribution in [-0.2, 0) is 24.8 Å². The summed E-state index contributed by atoms with van der Waals surface area (Å²) < 4.78 is 58.8. The van der Waals surface area contributed by atoms with Crippen LogP contribution in [0.25, 0.3) is 0 Å². The number of carboxylic acids is 1. The topological polar surface area (TPSA) is 121 Å². The molecule has 0 aromatic heterocycles. The van der Waals surface area contributed by atoms with Gasteiger partial charge in [0.1, 0.15) is 6.54 Å². The molecule has 0 aliphatic carbocycles. The van der Waals surface area contributed by atoms with Crippen LogP contribution in [0.3, 0.4) is 0 Å². The molecule has 0 saturated carbocycles. The largest absolute Gasteiger partial charge is 0.480 e. The van der Waals surface area contributed by atoms with Crippen LogP contribution in [0, 0.1) is 13.8 Å². The molecule has 8 nitrogen and oxygen atoms in total. The Bertz CT molecular complexity index is 1730. The molecule has 40 heavy (non-hydrogen) atoms. The highest BCUT2D eigenvalue weighted by molar-refractivity contribution is 9.10. The first-order valence-electron chi connectivity index (χ1n) is 12.1. The summed E-state index contributed by atoms with van der Waals surface area (Å²) in [6.07, 6.45) is 0. The monoisotopic (exact) mass is 642 g/mol. The van der Waals surface area contributed by atoms with Gasteiger partial charge in [0.2, 0.25) is 10.0 Å². The van der Waals surface area contributed by atoms with Crippen LogP contribution in [0.15, 0.2) is 111 Å². The average molecular weight is 644 g/mol. The number of carboxylic acid groups (broad SMARTS) is 1. The molecule has 0 aliphatic rings. The molecule has 0 unspecified atom stereocenters. The number of aliphatic carboxylic acids is 1. The molecule has 4 rings (SSSR count). The summed E-state index contributed by atoms with van der Waals surface area (Å²) in [6.45, 7) is 2.78. The molecule has 0 heterocycles. The van der Waals surface area contributed by atoms with Gasteiger partial charge in [-0.1, -0.05) is 81.7 Å². The molecule has 4 aromatic rings. The molecule has 0 amide bonds. The van der Waals surface area contributed by atoms with E-state index in [9.17, 15) is 26.7 Å². The Morgan fingerprint density at radius 3 is 1.93 bits per heavy atom. The molecule has 1 atom stereocenters. The van der Waals surface area contributed by atoms with Crippen LogP contribution < -0.4 is 4.72 Å². The number of anilines is 1. The van der Waals surface area contributed by atoms with Gasteiger partial charge < -0.3 is 5.11 Å². The Morgan fingerprint density at radius 2 is 1.38 bits per heavy atom. The van der Waals surface area contributed by atoms with E-state index in [-0.39, 0.29) is 21.0 Å². The van der Waals surface area contributed by atoms with E-state index in [0.717, 1.165) is 15.4 Å². The Kier molecular flexibility index (Phi) is 8.79. The Hall–Kier alpha value is -3.51. The third-order valence-corrected chi connectivity index (χ3v) is 9.91. The van der Waals surface area contributed by atoms with Crippen molar-refractivity contribution in [2.24, 2.45) is 0 Å². The van der Waals surface area contributed by atoms with Crippen molar-refractivity contribution in [1.29, 1.82) is 0 Å². The molecule has 11 heteroatoms. The van der Waals surface area contributed by atoms with Crippen molar-refractivity contribution in [2.75, 3.05) is 11.3 Å². The molecule has 0 fully saturated rings. The van der Waals surface area contributed by atoms with Gasteiger partial charge >= 0.3 is 5.97 Å². The van der Waals surface area contributed by atoms with Crippen molar-refractivity contribution in [1.82, 2.24) is 4.31 Å². The van der Waals surface area contributed by atoms with Gasteiger partial charge in [0, 0.05) is 10.0 Å². The first-order chi connectivity index (χ1) is 18.9. The number of benzene rings is 4. The van der Waals surface area contributed by atoms with Gasteiger partial charge in [-0.05, 0) is 61.9 Å². The SMILES string of the molecule is Cc1ccc(S(=O)(=O)Nc2ccc(Br)cc2[C@H](c2ccccc2)N(CC(=O)O)S(=O)(=O)c2ccc(C)cc2)cc1. The zero-order valence-corrected chi connectivity index (χ0v) is 24.9. The lowest BCUT2D eigenvalue weighted by molar-refractivity contribution is -0.137. The maximum atomic E-state index is 14.0. The minimum atomic E-state index is -4.38. The molecule has 208 valence electrons. The number of halogens is 1.